The fourth-order valence-electron chi connectivity index (χ4n) is 3.47. The number of fused-ring (bicyclic) bond motifs is 1. The van der Waals surface area contributed by atoms with E-state index in [4.69, 9.17) is 4.74 Å². The zero-order valence-corrected chi connectivity index (χ0v) is 18.9. The second-order valence-electron chi connectivity index (χ2n) is 7.85. The molecule has 0 atom stereocenters. The topological polar surface area (TPSA) is 67.4 Å². The lowest BCUT2D eigenvalue weighted by Gasteiger charge is -2.40. The molecule has 1 N–H and O–H groups in total. The van der Waals surface area contributed by atoms with Crippen LogP contribution in [0, 0.1) is 0 Å². The Morgan fingerprint density at radius 1 is 1.23 bits per heavy atom. The number of rotatable bonds is 7. The number of ether oxygens (including phenoxy) is 1. The minimum absolute atomic E-state index is 0.0200. The van der Waals surface area contributed by atoms with Crippen LogP contribution in [0.5, 0.6) is 0 Å². The van der Waals surface area contributed by atoms with Gasteiger partial charge in [-0.05, 0) is 25.5 Å². The largest absolute Gasteiger partial charge is 0.379 e. The van der Waals surface area contributed by atoms with E-state index in [1.807, 2.05) is 18.2 Å². The third kappa shape index (κ3) is 5.00. The van der Waals surface area contributed by atoms with Gasteiger partial charge in [0.15, 0.2) is 0 Å². The molecule has 0 spiro atoms. The van der Waals surface area contributed by atoms with E-state index in [2.05, 4.69) is 52.2 Å². The first-order chi connectivity index (χ1) is 14.5. The Bertz CT molecular complexity index is 1000. The number of morpholine rings is 1. The van der Waals surface area contributed by atoms with Crippen molar-refractivity contribution >= 4 is 39.2 Å². The SMILES string of the molecule is CC(C)(CNC(=O)CSc1ncnc2sc(-c3ccccc3)cc12)N1CCOCC1. The summed E-state index contributed by atoms with van der Waals surface area (Å²) in [4.78, 5) is 25.8. The molecule has 0 aliphatic carbocycles. The van der Waals surface area contributed by atoms with Gasteiger partial charge in [0.1, 0.15) is 16.2 Å². The van der Waals surface area contributed by atoms with Crippen LogP contribution in [0.1, 0.15) is 13.8 Å². The summed E-state index contributed by atoms with van der Waals surface area (Å²) >= 11 is 3.11. The Hall–Kier alpha value is -2.00. The lowest BCUT2D eigenvalue weighted by molar-refractivity contribution is -0.119. The van der Waals surface area contributed by atoms with Crippen LogP contribution in [-0.4, -0.2) is 64.9 Å². The molecule has 1 amide bonds. The quantitative estimate of drug-likeness (QED) is 0.445. The number of thiophene rings is 1. The van der Waals surface area contributed by atoms with Gasteiger partial charge in [0.25, 0.3) is 0 Å². The monoisotopic (exact) mass is 442 g/mol. The average molecular weight is 443 g/mol. The maximum Gasteiger partial charge on any atom is 0.230 e. The third-order valence-electron chi connectivity index (χ3n) is 5.28. The smallest absolute Gasteiger partial charge is 0.230 e. The lowest BCUT2D eigenvalue weighted by Crippen LogP contribution is -2.55. The highest BCUT2D eigenvalue weighted by atomic mass is 32.2. The van der Waals surface area contributed by atoms with E-state index in [1.54, 1.807) is 17.7 Å². The van der Waals surface area contributed by atoms with Crippen LogP contribution in [0.4, 0.5) is 0 Å². The number of nitrogens with one attached hydrogen (secondary N) is 1. The fraction of sp³-hybridized carbons (Fsp3) is 0.409. The van der Waals surface area contributed by atoms with Gasteiger partial charge in [-0.3, -0.25) is 9.69 Å². The molecule has 1 aromatic carbocycles. The van der Waals surface area contributed by atoms with E-state index in [0.717, 1.165) is 46.4 Å². The van der Waals surface area contributed by atoms with Crippen LogP contribution >= 0.6 is 23.1 Å². The fourth-order valence-corrected chi connectivity index (χ4v) is 5.35. The number of hydrogen-bond donors (Lipinski definition) is 1. The summed E-state index contributed by atoms with van der Waals surface area (Å²) in [6.07, 6.45) is 1.58. The van der Waals surface area contributed by atoms with Crippen LogP contribution in [0.3, 0.4) is 0 Å². The predicted octanol–water partition coefficient (Wildman–Crippen LogP) is 3.68. The van der Waals surface area contributed by atoms with E-state index in [0.29, 0.717) is 12.3 Å². The summed E-state index contributed by atoms with van der Waals surface area (Å²) in [6.45, 7) is 8.25. The number of thioether (sulfide) groups is 1. The van der Waals surface area contributed by atoms with Crippen LogP contribution < -0.4 is 5.32 Å². The highest BCUT2D eigenvalue weighted by molar-refractivity contribution is 8.00. The van der Waals surface area contributed by atoms with Gasteiger partial charge in [-0.1, -0.05) is 42.1 Å². The number of hydrogen-bond acceptors (Lipinski definition) is 7. The van der Waals surface area contributed by atoms with E-state index in [1.165, 1.54) is 17.3 Å². The molecule has 4 rings (SSSR count). The van der Waals surface area contributed by atoms with Crippen LogP contribution in [0.2, 0.25) is 0 Å². The Balaban J connectivity index is 1.37. The molecule has 158 valence electrons. The van der Waals surface area contributed by atoms with Crippen molar-refractivity contribution in [1.29, 1.82) is 0 Å². The van der Waals surface area contributed by atoms with E-state index in [-0.39, 0.29) is 11.4 Å². The first-order valence-electron chi connectivity index (χ1n) is 10.1. The normalized spacial score (nSPS) is 15.4. The minimum atomic E-state index is -0.0930. The number of nitrogens with zero attached hydrogens (tertiary/aromatic N) is 3. The number of benzene rings is 1. The summed E-state index contributed by atoms with van der Waals surface area (Å²) in [5.74, 6) is 0.355. The molecule has 0 radical (unpaired) electrons. The number of carbonyl (C=O) groups excluding carboxylic acids is 1. The molecule has 0 saturated carbocycles. The highest BCUT2D eigenvalue weighted by Crippen LogP contribution is 2.36. The first kappa shape index (κ1) is 21.2. The second kappa shape index (κ2) is 9.43. The molecule has 1 aliphatic heterocycles. The lowest BCUT2D eigenvalue weighted by atomic mass is 10.0. The van der Waals surface area contributed by atoms with Crippen LogP contribution in [0.15, 0.2) is 47.8 Å². The molecular formula is C22H26N4O2S2. The van der Waals surface area contributed by atoms with Gasteiger partial charge in [0.05, 0.1) is 19.0 Å². The maximum atomic E-state index is 12.5. The molecule has 3 aromatic rings. The Morgan fingerprint density at radius 3 is 2.77 bits per heavy atom. The standard InChI is InChI=1S/C22H26N4O2S2/c1-22(2,26-8-10-28-11-9-26)14-23-19(27)13-29-20-17-12-18(16-6-4-3-5-7-16)30-21(17)25-15-24-20/h3-7,12,15H,8-11,13-14H2,1-2H3,(H,23,27). The van der Waals surface area contributed by atoms with Crippen molar-refractivity contribution < 1.29 is 9.53 Å². The number of amides is 1. The third-order valence-corrected chi connectivity index (χ3v) is 7.37. The summed E-state index contributed by atoms with van der Waals surface area (Å²) in [5.41, 5.74) is 1.07. The second-order valence-corrected chi connectivity index (χ2v) is 9.85. The van der Waals surface area contributed by atoms with Gasteiger partial charge in [-0.15, -0.1) is 11.3 Å². The zero-order chi connectivity index (χ0) is 21.0. The summed E-state index contributed by atoms with van der Waals surface area (Å²) in [7, 11) is 0. The van der Waals surface area contributed by atoms with Crippen LogP contribution in [0.25, 0.3) is 20.7 Å². The summed E-state index contributed by atoms with van der Waals surface area (Å²) < 4.78 is 5.43. The van der Waals surface area contributed by atoms with Gasteiger partial charge in [-0.25, -0.2) is 9.97 Å². The van der Waals surface area contributed by atoms with Gasteiger partial charge >= 0.3 is 0 Å². The summed E-state index contributed by atoms with van der Waals surface area (Å²) in [5, 5.41) is 4.94. The summed E-state index contributed by atoms with van der Waals surface area (Å²) in [6, 6.07) is 12.4. The van der Waals surface area contributed by atoms with Crippen molar-refractivity contribution in [1.82, 2.24) is 20.2 Å². The minimum Gasteiger partial charge on any atom is -0.379 e. The molecule has 6 nitrogen and oxygen atoms in total. The van der Waals surface area contributed by atoms with E-state index in [9.17, 15) is 4.79 Å². The molecule has 1 saturated heterocycles. The zero-order valence-electron chi connectivity index (χ0n) is 17.3. The molecule has 2 aromatic heterocycles. The van der Waals surface area contributed by atoms with Gasteiger partial charge in [-0.2, -0.15) is 0 Å². The molecule has 0 unspecified atom stereocenters. The molecule has 1 fully saturated rings. The van der Waals surface area contributed by atoms with Gasteiger partial charge in [0.2, 0.25) is 5.91 Å². The molecular weight excluding hydrogens is 416 g/mol. The Kier molecular flexibility index (Phi) is 6.67. The Morgan fingerprint density at radius 2 is 2.00 bits per heavy atom. The molecule has 30 heavy (non-hydrogen) atoms. The Labute approximate surface area is 185 Å². The van der Waals surface area contributed by atoms with Crippen LogP contribution in [-0.2, 0) is 9.53 Å². The van der Waals surface area contributed by atoms with Crippen molar-refractivity contribution in [2.75, 3.05) is 38.6 Å². The van der Waals surface area contributed by atoms with Crippen molar-refractivity contribution in [2.24, 2.45) is 0 Å². The molecule has 1 aliphatic rings. The van der Waals surface area contributed by atoms with Crippen molar-refractivity contribution in [3.8, 4) is 10.4 Å². The molecule has 3 heterocycles. The highest BCUT2D eigenvalue weighted by Gasteiger charge is 2.28. The van der Waals surface area contributed by atoms with E-state index >= 15 is 0 Å². The van der Waals surface area contributed by atoms with Crippen molar-refractivity contribution in [3.05, 3.63) is 42.7 Å². The average Bonchev–Trinajstić information content (AvgIpc) is 3.22. The molecule has 0 bridgehead atoms. The number of carbonyl (C=O) groups is 1. The maximum absolute atomic E-state index is 12.5. The van der Waals surface area contributed by atoms with Gasteiger partial charge < -0.3 is 10.1 Å². The van der Waals surface area contributed by atoms with Crippen molar-refractivity contribution in [3.63, 3.8) is 0 Å². The van der Waals surface area contributed by atoms with Gasteiger partial charge in [0, 0.05) is 35.4 Å². The molecule has 8 heteroatoms. The number of aromatic nitrogens is 2. The van der Waals surface area contributed by atoms with Crippen molar-refractivity contribution in [2.45, 2.75) is 24.4 Å². The first-order valence-corrected chi connectivity index (χ1v) is 11.9. The van der Waals surface area contributed by atoms with E-state index < -0.39 is 0 Å². The predicted molar refractivity (Wildman–Crippen MR) is 123 cm³/mol.